The number of likely N-dealkylation sites (tertiary alicyclic amines) is 1. The quantitative estimate of drug-likeness (QED) is 0.758. The standard InChI is InChI=1S/C23H29ClN2O/c1-16-14-19(24)15-17(2)20(16)22(27)25-21(18-10-6-5-7-11-18)23(3,4)26-12-8-9-13-26/h5-7,10-11,14-15,21H,8-9,12-13H2,1-4H3,(H,25,27). The molecule has 1 aliphatic heterocycles. The number of amides is 1. The Kier molecular flexibility index (Phi) is 5.92. The molecule has 3 nitrogen and oxygen atoms in total. The lowest BCUT2D eigenvalue weighted by atomic mass is 9.86. The molecule has 1 N–H and O–H groups in total. The molecule has 3 rings (SSSR count). The molecule has 0 aliphatic carbocycles. The topological polar surface area (TPSA) is 32.3 Å². The van der Waals surface area contributed by atoms with Gasteiger partial charge in [-0.15, -0.1) is 0 Å². The maximum Gasteiger partial charge on any atom is 0.252 e. The molecule has 1 fully saturated rings. The van der Waals surface area contributed by atoms with E-state index in [2.05, 4.69) is 36.2 Å². The fraction of sp³-hybridized carbons (Fsp3) is 0.435. The summed E-state index contributed by atoms with van der Waals surface area (Å²) in [6, 6.07) is 13.9. The minimum Gasteiger partial charge on any atom is -0.343 e. The number of nitrogens with one attached hydrogen (secondary N) is 1. The maximum absolute atomic E-state index is 13.3. The fourth-order valence-electron chi connectivity index (χ4n) is 4.26. The summed E-state index contributed by atoms with van der Waals surface area (Å²) in [5.41, 5.74) is 3.48. The third kappa shape index (κ3) is 4.20. The van der Waals surface area contributed by atoms with Crippen LogP contribution in [-0.4, -0.2) is 29.4 Å². The predicted molar refractivity (Wildman–Crippen MR) is 112 cm³/mol. The van der Waals surface area contributed by atoms with Gasteiger partial charge in [-0.25, -0.2) is 0 Å². The molecule has 2 aromatic carbocycles. The van der Waals surface area contributed by atoms with E-state index in [0.717, 1.165) is 35.3 Å². The van der Waals surface area contributed by atoms with Crippen LogP contribution in [0.2, 0.25) is 5.02 Å². The summed E-state index contributed by atoms with van der Waals surface area (Å²) in [6.45, 7) is 10.5. The Bertz CT molecular complexity index is 787. The van der Waals surface area contributed by atoms with E-state index < -0.39 is 0 Å². The monoisotopic (exact) mass is 384 g/mol. The van der Waals surface area contributed by atoms with Crippen LogP contribution in [0.3, 0.4) is 0 Å². The van der Waals surface area contributed by atoms with E-state index in [-0.39, 0.29) is 17.5 Å². The second-order valence-corrected chi connectivity index (χ2v) is 8.52. The molecule has 0 radical (unpaired) electrons. The van der Waals surface area contributed by atoms with Crippen molar-refractivity contribution >= 4 is 17.5 Å². The number of benzene rings is 2. The molecule has 0 bridgehead atoms. The lowest BCUT2D eigenvalue weighted by Crippen LogP contribution is -2.52. The van der Waals surface area contributed by atoms with E-state index in [4.69, 9.17) is 11.6 Å². The van der Waals surface area contributed by atoms with Crippen LogP contribution >= 0.6 is 11.6 Å². The van der Waals surface area contributed by atoms with Gasteiger partial charge in [-0.3, -0.25) is 9.69 Å². The van der Waals surface area contributed by atoms with Gasteiger partial charge in [-0.1, -0.05) is 41.9 Å². The first kappa shape index (κ1) is 19.9. The minimum atomic E-state index is -0.179. The highest BCUT2D eigenvalue weighted by Gasteiger charge is 2.38. The number of hydrogen-bond donors (Lipinski definition) is 1. The first-order chi connectivity index (χ1) is 12.8. The summed E-state index contributed by atoms with van der Waals surface area (Å²) >= 11 is 6.15. The van der Waals surface area contributed by atoms with Gasteiger partial charge in [0.1, 0.15) is 0 Å². The fourth-order valence-corrected chi connectivity index (χ4v) is 4.59. The molecule has 144 valence electrons. The number of carbonyl (C=O) groups is 1. The lowest BCUT2D eigenvalue weighted by Gasteiger charge is -2.42. The van der Waals surface area contributed by atoms with Crippen LogP contribution in [0, 0.1) is 13.8 Å². The van der Waals surface area contributed by atoms with E-state index in [0.29, 0.717) is 5.02 Å². The third-order valence-electron chi connectivity index (χ3n) is 5.76. The Morgan fingerprint density at radius 3 is 2.19 bits per heavy atom. The van der Waals surface area contributed by atoms with Crippen molar-refractivity contribution in [2.24, 2.45) is 0 Å². The van der Waals surface area contributed by atoms with Crippen LogP contribution in [0.25, 0.3) is 0 Å². The molecule has 1 amide bonds. The van der Waals surface area contributed by atoms with Gasteiger partial charge in [-0.05, 0) is 82.4 Å². The Morgan fingerprint density at radius 2 is 1.63 bits per heavy atom. The van der Waals surface area contributed by atoms with Crippen molar-refractivity contribution in [3.05, 3.63) is 69.7 Å². The average Bonchev–Trinajstić information content (AvgIpc) is 3.15. The summed E-state index contributed by atoms with van der Waals surface area (Å²) in [6.07, 6.45) is 2.43. The molecular weight excluding hydrogens is 356 g/mol. The molecule has 1 saturated heterocycles. The molecule has 1 unspecified atom stereocenters. The number of nitrogens with zero attached hydrogens (tertiary/aromatic N) is 1. The highest BCUT2D eigenvalue weighted by Crippen LogP contribution is 2.34. The molecule has 1 aliphatic rings. The van der Waals surface area contributed by atoms with Crippen molar-refractivity contribution in [2.45, 2.75) is 52.1 Å². The summed E-state index contributed by atoms with van der Waals surface area (Å²) < 4.78 is 0. The van der Waals surface area contributed by atoms with Crippen molar-refractivity contribution in [1.29, 1.82) is 0 Å². The zero-order chi connectivity index (χ0) is 19.6. The van der Waals surface area contributed by atoms with Crippen LogP contribution in [0.15, 0.2) is 42.5 Å². The van der Waals surface area contributed by atoms with Gasteiger partial charge < -0.3 is 5.32 Å². The molecular formula is C23H29ClN2O. The normalized spacial score (nSPS) is 16.3. The third-order valence-corrected chi connectivity index (χ3v) is 5.98. The summed E-state index contributed by atoms with van der Waals surface area (Å²) in [5.74, 6) is -0.0391. The predicted octanol–water partition coefficient (Wildman–Crippen LogP) is 5.30. The molecule has 1 atom stereocenters. The summed E-state index contributed by atoms with van der Waals surface area (Å²) in [4.78, 5) is 15.8. The van der Waals surface area contributed by atoms with Crippen LogP contribution in [0.4, 0.5) is 0 Å². The van der Waals surface area contributed by atoms with Crippen molar-refractivity contribution < 1.29 is 4.79 Å². The van der Waals surface area contributed by atoms with Gasteiger partial charge in [-0.2, -0.15) is 0 Å². The van der Waals surface area contributed by atoms with E-state index in [1.54, 1.807) is 0 Å². The van der Waals surface area contributed by atoms with E-state index in [9.17, 15) is 4.79 Å². The smallest absolute Gasteiger partial charge is 0.252 e. The zero-order valence-electron chi connectivity index (χ0n) is 16.7. The molecule has 4 heteroatoms. The van der Waals surface area contributed by atoms with Crippen molar-refractivity contribution in [2.75, 3.05) is 13.1 Å². The minimum absolute atomic E-state index is 0.0391. The van der Waals surface area contributed by atoms with Gasteiger partial charge in [0.15, 0.2) is 0 Å². The SMILES string of the molecule is Cc1cc(Cl)cc(C)c1C(=O)NC(c1ccccc1)C(C)(C)N1CCCC1. The van der Waals surface area contributed by atoms with Crippen LogP contribution in [0.5, 0.6) is 0 Å². The largest absolute Gasteiger partial charge is 0.343 e. The number of carbonyl (C=O) groups excluding carboxylic acids is 1. The van der Waals surface area contributed by atoms with Crippen LogP contribution < -0.4 is 5.32 Å². The number of halogens is 1. The highest BCUT2D eigenvalue weighted by molar-refractivity contribution is 6.30. The number of rotatable bonds is 5. The molecule has 0 aromatic heterocycles. The second-order valence-electron chi connectivity index (χ2n) is 8.08. The van der Waals surface area contributed by atoms with Crippen LogP contribution in [-0.2, 0) is 0 Å². The van der Waals surface area contributed by atoms with Gasteiger partial charge in [0.05, 0.1) is 6.04 Å². The van der Waals surface area contributed by atoms with Crippen molar-refractivity contribution in [1.82, 2.24) is 10.2 Å². The molecule has 2 aromatic rings. The number of aryl methyl sites for hydroxylation is 2. The first-order valence-electron chi connectivity index (χ1n) is 9.68. The summed E-state index contributed by atoms with van der Waals surface area (Å²) in [7, 11) is 0. The maximum atomic E-state index is 13.3. The Morgan fingerprint density at radius 1 is 1.07 bits per heavy atom. The van der Waals surface area contributed by atoms with Gasteiger partial charge in [0, 0.05) is 16.1 Å². The molecule has 0 spiro atoms. The van der Waals surface area contributed by atoms with Crippen LogP contribution in [0.1, 0.15) is 59.8 Å². The second kappa shape index (κ2) is 8.04. The van der Waals surface area contributed by atoms with Crippen molar-refractivity contribution in [3.8, 4) is 0 Å². The Labute approximate surface area is 167 Å². The van der Waals surface area contributed by atoms with E-state index in [1.807, 2.05) is 44.2 Å². The van der Waals surface area contributed by atoms with Gasteiger partial charge >= 0.3 is 0 Å². The van der Waals surface area contributed by atoms with E-state index in [1.165, 1.54) is 12.8 Å². The molecule has 27 heavy (non-hydrogen) atoms. The first-order valence-corrected chi connectivity index (χ1v) is 10.1. The Hall–Kier alpha value is -1.84. The molecule has 0 saturated carbocycles. The van der Waals surface area contributed by atoms with E-state index >= 15 is 0 Å². The average molecular weight is 385 g/mol. The lowest BCUT2D eigenvalue weighted by molar-refractivity contribution is 0.0777. The van der Waals surface area contributed by atoms with Crippen molar-refractivity contribution in [3.63, 3.8) is 0 Å². The summed E-state index contributed by atoms with van der Waals surface area (Å²) in [5, 5.41) is 4.01. The zero-order valence-corrected chi connectivity index (χ0v) is 17.4. The highest BCUT2D eigenvalue weighted by atomic mass is 35.5. The number of hydrogen-bond acceptors (Lipinski definition) is 2. The van der Waals surface area contributed by atoms with Gasteiger partial charge in [0.2, 0.25) is 0 Å². The Balaban J connectivity index is 1.96. The van der Waals surface area contributed by atoms with Gasteiger partial charge in [0.25, 0.3) is 5.91 Å². The molecule has 1 heterocycles.